The van der Waals surface area contributed by atoms with Gasteiger partial charge in [0.15, 0.2) is 11.6 Å². The summed E-state index contributed by atoms with van der Waals surface area (Å²) in [5, 5.41) is 2.91. The molecule has 162 valence electrons. The summed E-state index contributed by atoms with van der Waals surface area (Å²) in [6, 6.07) is 6.94. The number of nitrogens with zero attached hydrogens (tertiary/aromatic N) is 1. The van der Waals surface area contributed by atoms with Crippen LogP contribution in [0.3, 0.4) is 0 Å². The molecule has 0 saturated carbocycles. The Balaban J connectivity index is 1.86. The number of carbonyl (C=O) groups is 1. The number of hydrogen-bond acceptors (Lipinski definition) is 4. The SMILES string of the molecule is COc1ccc2c(c1)CCC[C@@H]2NC(=O)[C@@H](C)N(c1ccc(F)c(F)c1)S(C)(=O)=O. The van der Waals surface area contributed by atoms with Gasteiger partial charge in [-0.05, 0) is 61.6 Å². The Hall–Kier alpha value is -2.68. The minimum atomic E-state index is -3.94. The number of anilines is 1. The second kappa shape index (κ2) is 8.59. The van der Waals surface area contributed by atoms with Gasteiger partial charge >= 0.3 is 0 Å². The molecule has 2 aromatic rings. The number of aryl methyl sites for hydroxylation is 1. The van der Waals surface area contributed by atoms with E-state index in [0.717, 1.165) is 58.5 Å². The van der Waals surface area contributed by atoms with Crippen LogP contribution in [-0.4, -0.2) is 33.7 Å². The Bertz CT molecular complexity index is 1060. The molecule has 2 aromatic carbocycles. The summed E-state index contributed by atoms with van der Waals surface area (Å²) in [5.74, 6) is -2.09. The first-order valence-corrected chi connectivity index (χ1v) is 11.4. The first-order valence-electron chi connectivity index (χ1n) is 9.53. The number of ether oxygens (including phenoxy) is 1. The number of benzene rings is 2. The highest BCUT2D eigenvalue weighted by molar-refractivity contribution is 7.92. The number of sulfonamides is 1. The van der Waals surface area contributed by atoms with Crippen LogP contribution in [0, 0.1) is 11.6 Å². The van der Waals surface area contributed by atoms with Gasteiger partial charge in [0.25, 0.3) is 0 Å². The summed E-state index contributed by atoms with van der Waals surface area (Å²) in [5.41, 5.74) is 1.91. The number of rotatable bonds is 6. The maximum absolute atomic E-state index is 13.7. The number of methoxy groups -OCH3 is 1. The van der Waals surface area contributed by atoms with E-state index >= 15 is 0 Å². The molecule has 3 rings (SSSR count). The van der Waals surface area contributed by atoms with Crippen LogP contribution in [-0.2, 0) is 21.2 Å². The molecule has 0 unspecified atom stereocenters. The molecule has 0 aliphatic heterocycles. The Labute approximate surface area is 174 Å². The van der Waals surface area contributed by atoms with Crippen molar-refractivity contribution in [2.24, 2.45) is 0 Å². The molecule has 30 heavy (non-hydrogen) atoms. The third-order valence-electron chi connectivity index (χ3n) is 5.23. The topological polar surface area (TPSA) is 75.7 Å². The summed E-state index contributed by atoms with van der Waals surface area (Å²) in [7, 11) is -2.35. The highest BCUT2D eigenvalue weighted by atomic mass is 32.2. The Kier molecular flexibility index (Phi) is 6.30. The molecular weight excluding hydrogens is 414 g/mol. The minimum Gasteiger partial charge on any atom is -0.497 e. The number of amides is 1. The van der Waals surface area contributed by atoms with Crippen LogP contribution in [0.2, 0.25) is 0 Å². The third kappa shape index (κ3) is 4.56. The van der Waals surface area contributed by atoms with Gasteiger partial charge in [0.2, 0.25) is 15.9 Å². The predicted molar refractivity (Wildman–Crippen MR) is 110 cm³/mol. The van der Waals surface area contributed by atoms with E-state index in [9.17, 15) is 22.0 Å². The van der Waals surface area contributed by atoms with Crippen LogP contribution >= 0.6 is 0 Å². The summed E-state index contributed by atoms with van der Waals surface area (Å²) in [4.78, 5) is 12.9. The summed E-state index contributed by atoms with van der Waals surface area (Å²) >= 11 is 0. The van der Waals surface area contributed by atoms with Gasteiger partial charge in [-0.15, -0.1) is 0 Å². The Morgan fingerprint density at radius 2 is 1.93 bits per heavy atom. The predicted octanol–water partition coefficient (Wildman–Crippen LogP) is 3.32. The molecule has 1 aliphatic rings. The van der Waals surface area contributed by atoms with Crippen LogP contribution in [0.5, 0.6) is 5.75 Å². The first-order chi connectivity index (χ1) is 14.1. The van der Waals surface area contributed by atoms with E-state index in [1.807, 2.05) is 18.2 Å². The van der Waals surface area contributed by atoms with E-state index in [2.05, 4.69) is 5.32 Å². The maximum Gasteiger partial charge on any atom is 0.244 e. The molecule has 9 heteroatoms. The molecule has 2 atom stereocenters. The minimum absolute atomic E-state index is 0.118. The van der Waals surface area contributed by atoms with Crippen molar-refractivity contribution in [3.8, 4) is 5.75 Å². The fraction of sp³-hybridized carbons (Fsp3) is 0.381. The van der Waals surface area contributed by atoms with Crippen molar-refractivity contribution < 1.29 is 26.7 Å². The first kappa shape index (κ1) is 22.0. The molecule has 0 fully saturated rings. The summed E-state index contributed by atoms with van der Waals surface area (Å²) in [6.07, 6.45) is 3.35. The molecule has 0 spiro atoms. The lowest BCUT2D eigenvalue weighted by molar-refractivity contribution is -0.122. The zero-order chi connectivity index (χ0) is 22.1. The Morgan fingerprint density at radius 1 is 1.20 bits per heavy atom. The summed E-state index contributed by atoms with van der Waals surface area (Å²) in [6.45, 7) is 1.41. The molecule has 0 saturated heterocycles. The van der Waals surface area contributed by atoms with E-state index in [1.165, 1.54) is 6.92 Å². The lowest BCUT2D eigenvalue weighted by Crippen LogP contribution is -2.49. The van der Waals surface area contributed by atoms with E-state index in [1.54, 1.807) is 7.11 Å². The molecule has 1 aliphatic carbocycles. The van der Waals surface area contributed by atoms with Crippen molar-refractivity contribution in [3.05, 3.63) is 59.2 Å². The number of fused-ring (bicyclic) bond motifs is 1. The monoisotopic (exact) mass is 438 g/mol. The van der Waals surface area contributed by atoms with Gasteiger partial charge in [-0.2, -0.15) is 0 Å². The highest BCUT2D eigenvalue weighted by Gasteiger charge is 2.32. The highest BCUT2D eigenvalue weighted by Crippen LogP contribution is 2.32. The van der Waals surface area contributed by atoms with Crippen molar-refractivity contribution in [1.82, 2.24) is 5.32 Å². The van der Waals surface area contributed by atoms with Gasteiger partial charge in [-0.25, -0.2) is 17.2 Å². The largest absolute Gasteiger partial charge is 0.497 e. The standard InChI is InChI=1S/C21H24F2N2O4S/c1-13(25(30(3,27)28)15-7-10-18(22)19(23)12-15)21(26)24-20-6-4-5-14-11-16(29-2)8-9-17(14)20/h7-13,20H,4-6H2,1-3H3,(H,24,26)/t13-,20+/m1/s1. The fourth-order valence-electron chi connectivity index (χ4n) is 3.79. The molecule has 0 radical (unpaired) electrons. The van der Waals surface area contributed by atoms with Gasteiger partial charge in [0.1, 0.15) is 11.8 Å². The molecular formula is C21H24F2N2O4S. The normalized spacial score (nSPS) is 17.0. The molecule has 0 heterocycles. The summed E-state index contributed by atoms with van der Waals surface area (Å²) < 4.78 is 57.7. The fourth-order valence-corrected chi connectivity index (χ4v) is 4.96. The van der Waals surface area contributed by atoms with Gasteiger partial charge in [0, 0.05) is 6.07 Å². The molecule has 0 aromatic heterocycles. The third-order valence-corrected chi connectivity index (χ3v) is 6.47. The van der Waals surface area contributed by atoms with Crippen molar-refractivity contribution in [2.45, 2.75) is 38.3 Å². The number of hydrogen-bond donors (Lipinski definition) is 1. The number of halogens is 2. The van der Waals surface area contributed by atoms with Crippen LogP contribution in [0.4, 0.5) is 14.5 Å². The Morgan fingerprint density at radius 3 is 2.57 bits per heavy atom. The van der Waals surface area contributed by atoms with E-state index in [0.29, 0.717) is 6.42 Å². The van der Waals surface area contributed by atoms with Crippen molar-refractivity contribution >= 4 is 21.6 Å². The molecule has 1 amide bonds. The second-order valence-corrected chi connectivity index (χ2v) is 9.21. The van der Waals surface area contributed by atoms with E-state index in [-0.39, 0.29) is 11.7 Å². The maximum atomic E-state index is 13.7. The smallest absolute Gasteiger partial charge is 0.244 e. The van der Waals surface area contributed by atoms with Gasteiger partial charge in [-0.1, -0.05) is 6.07 Å². The zero-order valence-corrected chi connectivity index (χ0v) is 17.8. The number of carbonyl (C=O) groups excluding carboxylic acids is 1. The van der Waals surface area contributed by atoms with Gasteiger partial charge in [0.05, 0.1) is 25.1 Å². The van der Waals surface area contributed by atoms with Crippen LogP contribution in [0.1, 0.15) is 36.9 Å². The van der Waals surface area contributed by atoms with Crippen LogP contribution in [0.15, 0.2) is 36.4 Å². The lowest BCUT2D eigenvalue weighted by atomic mass is 9.87. The van der Waals surface area contributed by atoms with Crippen molar-refractivity contribution in [2.75, 3.05) is 17.7 Å². The van der Waals surface area contributed by atoms with Crippen molar-refractivity contribution in [1.29, 1.82) is 0 Å². The molecule has 1 N–H and O–H groups in total. The van der Waals surface area contributed by atoms with Crippen LogP contribution < -0.4 is 14.4 Å². The van der Waals surface area contributed by atoms with E-state index in [4.69, 9.17) is 4.74 Å². The molecule has 0 bridgehead atoms. The average Bonchev–Trinajstić information content (AvgIpc) is 2.69. The average molecular weight is 438 g/mol. The second-order valence-electron chi connectivity index (χ2n) is 7.35. The van der Waals surface area contributed by atoms with Gasteiger partial charge in [-0.3, -0.25) is 9.10 Å². The number of nitrogens with one attached hydrogen (secondary N) is 1. The zero-order valence-electron chi connectivity index (χ0n) is 17.0. The quantitative estimate of drug-likeness (QED) is 0.751. The van der Waals surface area contributed by atoms with Crippen molar-refractivity contribution in [3.63, 3.8) is 0 Å². The lowest BCUT2D eigenvalue weighted by Gasteiger charge is -2.32. The van der Waals surface area contributed by atoms with E-state index < -0.39 is 33.6 Å². The van der Waals surface area contributed by atoms with Gasteiger partial charge < -0.3 is 10.1 Å². The van der Waals surface area contributed by atoms with Crippen LogP contribution in [0.25, 0.3) is 0 Å². The molecule has 6 nitrogen and oxygen atoms in total.